The van der Waals surface area contributed by atoms with E-state index >= 15 is 0 Å². The number of anilines is 1. The molecule has 1 N–H and O–H groups in total. The van der Waals surface area contributed by atoms with Crippen LogP contribution >= 0.6 is 34.8 Å². The minimum Gasteiger partial charge on any atom is -0.323 e. The highest BCUT2D eigenvalue weighted by atomic mass is 32.2. The van der Waals surface area contributed by atoms with Gasteiger partial charge in [-0.25, -0.2) is 0 Å². The summed E-state index contributed by atoms with van der Waals surface area (Å²) in [5.74, 6) is 1.03. The molecule has 166 valence electrons. The van der Waals surface area contributed by atoms with Gasteiger partial charge in [0.05, 0.1) is 23.2 Å². The Labute approximate surface area is 203 Å². The molecule has 0 bridgehead atoms. The summed E-state index contributed by atoms with van der Waals surface area (Å²) in [5.41, 5.74) is 3.43. The predicted molar refractivity (Wildman–Crippen MR) is 134 cm³/mol. The number of thiophene rings is 1. The molecule has 1 amide bonds. The van der Waals surface area contributed by atoms with Gasteiger partial charge in [-0.2, -0.15) is 8.75 Å². The number of thioether (sulfide) groups is 1. The van der Waals surface area contributed by atoms with Crippen LogP contribution in [-0.4, -0.2) is 35.2 Å². The molecule has 0 radical (unpaired) electrons. The molecular formula is C23H20N6OS3. The molecule has 33 heavy (non-hydrogen) atoms. The maximum absolute atomic E-state index is 12.7. The first kappa shape index (κ1) is 21.7. The molecule has 5 aromatic rings. The summed E-state index contributed by atoms with van der Waals surface area (Å²) in [7, 11) is 0. The molecule has 3 heterocycles. The van der Waals surface area contributed by atoms with Crippen molar-refractivity contribution >= 4 is 57.5 Å². The van der Waals surface area contributed by atoms with Crippen LogP contribution in [0.2, 0.25) is 0 Å². The second-order valence-corrected chi connectivity index (χ2v) is 9.82. The van der Waals surface area contributed by atoms with Crippen LogP contribution in [0.3, 0.4) is 0 Å². The maximum atomic E-state index is 12.7. The van der Waals surface area contributed by atoms with E-state index in [9.17, 15) is 4.79 Å². The molecule has 0 aliphatic carbocycles. The Kier molecular flexibility index (Phi) is 6.75. The summed E-state index contributed by atoms with van der Waals surface area (Å²) < 4.78 is 10.6. The summed E-state index contributed by atoms with van der Waals surface area (Å²) in [5, 5.41) is 14.6. The van der Waals surface area contributed by atoms with Crippen molar-refractivity contribution in [3.8, 4) is 0 Å². The predicted octanol–water partition coefficient (Wildman–Crippen LogP) is 4.91. The van der Waals surface area contributed by atoms with Crippen LogP contribution < -0.4 is 5.32 Å². The van der Waals surface area contributed by atoms with E-state index in [1.807, 2.05) is 42.5 Å². The number of nitrogens with one attached hydrogen (secondary N) is 1. The van der Waals surface area contributed by atoms with E-state index < -0.39 is 0 Å². The molecule has 2 aromatic carbocycles. The van der Waals surface area contributed by atoms with Crippen molar-refractivity contribution in [2.45, 2.75) is 24.5 Å². The highest BCUT2D eigenvalue weighted by molar-refractivity contribution is 7.99. The minimum absolute atomic E-state index is 0.113. The summed E-state index contributed by atoms with van der Waals surface area (Å²) in [6.07, 6.45) is 1.60. The van der Waals surface area contributed by atoms with Crippen LogP contribution in [0.5, 0.6) is 0 Å². The van der Waals surface area contributed by atoms with Crippen LogP contribution in [0.4, 0.5) is 5.69 Å². The number of carbonyl (C=O) groups excluding carboxylic acids is 1. The number of aryl methyl sites for hydroxylation is 1. The van der Waals surface area contributed by atoms with Gasteiger partial charge < -0.3 is 9.88 Å². The number of amides is 1. The van der Waals surface area contributed by atoms with Crippen LogP contribution in [0, 0.1) is 0 Å². The third kappa shape index (κ3) is 5.29. The Balaban J connectivity index is 1.29. The van der Waals surface area contributed by atoms with Gasteiger partial charge in [0.2, 0.25) is 5.91 Å². The van der Waals surface area contributed by atoms with Crippen molar-refractivity contribution in [1.29, 1.82) is 0 Å². The maximum Gasteiger partial charge on any atom is 0.234 e. The summed E-state index contributed by atoms with van der Waals surface area (Å²) >= 11 is 4.24. The van der Waals surface area contributed by atoms with Crippen molar-refractivity contribution < 1.29 is 4.79 Å². The first-order valence-electron chi connectivity index (χ1n) is 10.4. The van der Waals surface area contributed by atoms with Crippen molar-refractivity contribution in [2.24, 2.45) is 0 Å². The second kappa shape index (κ2) is 10.2. The molecule has 7 nitrogen and oxygen atoms in total. The van der Waals surface area contributed by atoms with Gasteiger partial charge in [0, 0.05) is 17.8 Å². The van der Waals surface area contributed by atoms with E-state index in [4.69, 9.17) is 0 Å². The molecule has 0 aliphatic rings. The summed E-state index contributed by atoms with van der Waals surface area (Å²) in [6, 6.07) is 20.1. The molecule has 0 spiro atoms. The largest absolute Gasteiger partial charge is 0.323 e. The van der Waals surface area contributed by atoms with E-state index in [-0.39, 0.29) is 11.7 Å². The average molecular weight is 493 g/mol. The minimum atomic E-state index is -0.113. The number of hydrogen-bond donors (Lipinski definition) is 1. The van der Waals surface area contributed by atoms with Crippen molar-refractivity contribution in [3.63, 3.8) is 0 Å². The first-order valence-corrected chi connectivity index (χ1v) is 13.0. The highest BCUT2D eigenvalue weighted by Gasteiger charge is 2.16. The normalized spacial score (nSPS) is 11.2. The molecule has 0 saturated heterocycles. The number of fused-ring (bicyclic) bond motifs is 1. The third-order valence-corrected chi connectivity index (χ3v) is 7.45. The average Bonchev–Trinajstić information content (AvgIpc) is 3.59. The number of rotatable bonds is 9. The number of aromatic nitrogens is 5. The van der Waals surface area contributed by atoms with Gasteiger partial charge >= 0.3 is 0 Å². The van der Waals surface area contributed by atoms with Crippen molar-refractivity contribution in [3.05, 3.63) is 82.3 Å². The lowest BCUT2D eigenvalue weighted by Gasteiger charge is -2.10. The zero-order valence-electron chi connectivity index (χ0n) is 17.5. The van der Waals surface area contributed by atoms with E-state index in [1.165, 1.54) is 22.2 Å². The Morgan fingerprint density at radius 3 is 2.76 bits per heavy atom. The molecule has 0 atom stereocenters. The molecule has 0 aliphatic heterocycles. The quantitative estimate of drug-likeness (QED) is 0.294. The third-order valence-electron chi connectivity index (χ3n) is 5.07. The Morgan fingerprint density at radius 1 is 1.00 bits per heavy atom. The van der Waals surface area contributed by atoms with Crippen LogP contribution in [0.1, 0.15) is 16.3 Å². The molecular weight excluding hydrogens is 472 g/mol. The van der Waals surface area contributed by atoms with Gasteiger partial charge in [0.15, 0.2) is 5.16 Å². The Morgan fingerprint density at radius 2 is 1.91 bits per heavy atom. The number of hydrogen-bond acceptors (Lipinski definition) is 8. The highest BCUT2D eigenvalue weighted by Crippen LogP contribution is 2.24. The summed E-state index contributed by atoms with van der Waals surface area (Å²) in [4.78, 5) is 13.9. The van der Waals surface area contributed by atoms with Crippen LogP contribution in [0.25, 0.3) is 11.0 Å². The molecule has 10 heteroatoms. The SMILES string of the molecule is O=C(CSc1nnc(Cc2cccs2)n1CCc1ccccc1)Nc1cccc2nsnc12. The molecule has 0 saturated carbocycles. The standard InChI is InChI=1S/C23H20N6OS3/c30-21(24-18-9-4-10-19-22(18)28-33-27-19)15-32-23-26-25-20(14-17-8-5-13-31-17)29(23)12-11-16-6-2-1-3-7-16/h1-10,13H,11-12,14-15H2,(H,24,30). The van der Waals surface area contributed by atoms with Gasteiger partial charge in [0.1, 0.15) is 16.9 Å². The zero-order chi connectivity index (χ0) is 22.5. The van der Waals surface area contributed by atoms with Gasteiger partial charge in [0.25, 0.3) is 0 Å². The van der Waals surface area contributed by atoms with E-state index in [0.717, 1.165) is 47.6 Å². The molecule has 0 fully saturated rings. The van der Waals surface area contributed by atoms with Crippen molar-refractivity contribution in [2.75, 3.05) is 11.1 Å². The lowest BCUT2D eigenvalue weighted by Crippen LogP contribution is -2.15. The smallest absolute Gasteiger partial charge is 0.234 e. The fraction of sp³-hybridized carbons (Fsp3) is 0.174. The fourth-order valence-corrected chi connectivity index (χ4v) is 5.49. The van der Waals surface area contributed by atoms with Crippen LogP contribution in [-0.2, 0) is 24.2 Å². The number of benzene rings is 2. The monoisotopic (exact) mass is 492 g/mol. The Bertz CT molecular complexity index is 1350. The van der Waals surface area contributed by atoms with E-state index in [1.54, 1.807) is 11.3 Å². The first-order chi connectivity index (χ1) is 16.3. The van der Waals surface area contributed by atoms with E-state index in [2.05, 4.69) is 52.4 Å². The lowest BCUT2D eigenvalue weighted by molar-refractivity contribution is -0.113. The van der Waals surface area contributed by atoms with E-state index in [0.29, 0.717) is 11.2 Å². The molecule has 3 aromatic heterocycles. The number of nitrogens with zero attached hydrogens (tertiary/aromatic N) is 5. The Hall–Kier alpha value is -3.08. The van der Waals surface area contributed by atoms with Crippen molar-refractivity contribution in [1.82, 2.24) is 23.5 Å². The van der Waals surface area contributed by atoms with Gasteiger partial charge in [-0.1, -0.05) is 54.2 Å². The molecule has 5 rings (SSSR count). The zero-order valence-corrected chi connectivity index (χ0v) is 20.0. The van der Waals surface area contributed by atoms with Gasteiger partial charge in [-0.3, -0.25) is 4.79 Å². The second-order valence-electron chi connectivity index (χ2n) is 7.32. The number of carbonyl (C=O) groups is 1. The molecule has 0 unspecified atom stereocenters. The van der Waals surface area contributed by atoms with Gasteiger partial charge in [-0.15, -0.1) is 21.5 Å². The lowest BCUT2D eigenvalue weighted by atomic mass is 10.1. The van der Waals surface area contributed by atoms with Crippen LogP contribution in [0.15, 0.2) is 71.2 Å². The fourth-order valence-electron chi connectivity index (χ4n) is 3.46. The van der Waals surface area contributed by atoms with Gasteiger partial charge in [-0.05, 0) is 35.6 Å². The topological polar surface area (TPSA) is 85.6 Å². The summed E-state index contributed by atoms with van der Waals surface area (Å²) in [6.45, 7) is 0.755.